The van der Waals surface area contributed by atoms with Crippen molar-refractivity contribution in [2.24, 2.45) is 23.7 Å². The Morgan fingerprint density at radius 1 is 0.466 bits per heavy atom. The van der Waals surface area contributed by atoms with E-state index >= 15 is 0 Å². The molecular formula is C86H123ClF9N9O13. The maximum Gasteiger partial charge on any atom is 0.471 e. The van der Waals surface area contributed by atoms with Gasteiger partial charge < -0.3 is 64.6 Å². The first-order valence-electron chi connectivity index (χ1n) is 40.5. The van der Waals surface area contributed by atoms with Crippen molar-refractivity contribution >= 4 is 59.1 Å². The number of nitrogens with one attached hydrogen (secondary N) is 4. The third kappa shape index (κ3) is 33.7. The fourth-order valence-electron chi connectivity index (χ4n) is 15.7. The number of piperidine rings is 1. The number of benzene rings is 3. The molecule has 4 fully saturated rings. The molecule has 3 unspecified atom stereocenters. The van der Waals surface area contributed by atoms with E-state index in [4.69, 9.17) is 30.5 Å². The van der Waals surface area contributed by atoms with Gasteiger partial charge in [0.25, 0.3) is 0 Å². The summed E-state index contributed by atoms with van der Waals surface area (Å²) in [6.45, 7) is 33.9. The lowest BCUT2D eigenvalue weighted by Crippen LogP contribution is -2.48. The van der Waals surface area contributed by atoms with Crippen LogP contribution in [0, 0.1) is 23.7 Å². The number of rotatable bonds is 21. The van der Waals surface area contributed by atoms with Crippen molar-refractivity contribution in [3.8, 4) is 0 Å². The van der Waals surface area contributed by atoms with E-state index in [9.17, 15) is 77.9 Å². The molecule has 118 heavy (non-hydrogen) atoms. The second-order valence-corrected chi connectivity index (χ2v) is 36.5. The zero-order chi connectivity index (χ0) is 88.0. The largest absolute Gasteiger partial charge is 0.471 e. The number of halogens is 10. The Kier molecular flexibility index (Phi) is 35.7. The average Bonchev–Trinajstić information content (AvgIpc) is 1.66. The molecule has 32 heteroatoms. The number of hydrogen-bond donors (Lipinski definition) is 4. The molecule has 4 saturated heterocycles. The quantitative estimate of drug-likeness (QED) is 0.0335. The second-order valence-electron chi connectivity index (χ2n) is 36.1. The predicted molar refractivity (Wildman–Crippen MR) is 430 cm³/mol. The van der Waals surface area contributed by atoms with Crippen LogP contribution in [0.5, 0.6) is 0 Å². The Labute approximate surface area is 694 Å². The molecule has 7 amide bonds. The lowest BCUT2D eigenvalue weighted by molar-refractivity contribution is -0.174. The Morgan fingerprint density at radius 3 is 1.15 bits per heavy atom. The summed E-state index contributed by atoms with van der Waals surface area (Å²) in [6, 6.07) is 26.6. The van der Waals surface area contributed by atoms with Gasteiger partial charge in [-0.1, -0.05) is 103 Å². The molecule has 22 nitrogen and oxygen atoms in total. The van der Waals surface area contributed by atoms with E-state index in [-0.39, 0.29) is 74.1 Å². The van der Waals surface area contributed by atoms with E-state index in [1.165, 1.54) is 10.5 Å². The smallest absolute Gasteiger partial charge is 0.449 e. The summed E-state index contributed by atoms with van der Waals surface area (Å²) in [6.07, 6.45) is -5.47. The van der Waals surface area contributed by atoms with Crippen LogP contribution in [-0.4, -0.2) is 201 Å². The van der Waals surface area contributed by atoms with Crippen molar-refractivity contribution in [2.45, 2.75) is 277 Å². The second kappa shape index (κ2) is 42.8. The molecule has 3 aromatic rings. The molecule has 660 valence electrons. The Balaban J connectivity index is 0.000000259. The molecule has 0 radical (unpaired) electrons. The summed E-state index contributed by atoms with van der Waals surface area (Å²) < 4.78 is 144. The van der Waals surface area contributed by atoms with Gasteiger partial charge >= 0.3 is 66.1 Å². The van der Waals surface area contributed by atoms with Crippen molar-refractivity contribution in [3.63, 3.8) is 0 Å². The molecule has 0 spiro atoms. The molecule has 9 rings (SSSR count). The minimum absolute atomic E-state index is 0.0222. The molecule has 6 atom stereocenters. The monoisotopic (exact) mass is 1700 g/mol. The first-order chi connectivity index (χ1) is 54.7. The average molecular weight is 1700 g/mol. The summed E-state index contributed by atoms with van der Waals surface area (Å²) in [5, 5.41) is 9.84. The lowest BCUT2D eigenvalue weighted by Gasteiger charge is -2.33. The Bertz CT molecular complexity index is 3820. The van der Waals surface area contributed by atoms with Gasteiger partial charge in [-0.05, 0) is 252 Å². The van der Waals surface area contributed by atoms with Crippen LogP contribution in [-0.2, 0) is 57.8 Å². The highest BCUT2D eigenvalue weighted by Crippen LogP contribution is 2.41. The van der Waals surface area contributed by atoms with Crippen LogP contribution in [0.15, 0.2) is 114 Å². The Morgan fingerprint density at radius 2 is 0.814 bits per heavy atom. The fraction of sp³-hybridized carbons (Fsp3) is 0.651. The summed E-state index contributed by atoms with van der Waals surface area (Å²) >= 11 is 4.97. The number of ether oxygens (including phenoxy) is 5. The van der Waals surface area contributed by atoms with E-state index in [0.29, 0.717) is 89.7 Å². The van der Waals surface area contributed by atoms with Crippen LogP contribution < -0.4 is 21.3 Å². The molecule has 3 aromatic carbocycles. The van der Waals surface area contributed by atoms with Gasteiger partial charge in [-0.2, -0.15) is 39.5 Å². The maximum absolute atomic E-state index is 13.1. The van der Waals surface area contributed by atoms with Gasteiger partial charge in [0.2, 0.25) is 0 Å². The third-order valence-electron chi connectivity index (χ3n) is 21.4. The van der Waals surface area contributed by atoms with E-state index in [1.807, 2.05) is 168 Å². The SMILES string of the molecule is CC(C)(C)OC(=O)N1C[C@@H](CCC(NC(=O)C(F)(F)F)C2=CCN(C(=O)OCc3ccccc3)CC2)CC1(C)C.CC(C)(C)OC(=O)N1C[C@@H](CCC(NC(=O)C(F)(F)F)C2=CCN(Cc3ccccc3)CC2)CC1(C)C.CC(C)(C)OC(=O)N1C[C@@H](CCC(NC(=O)C(F)(F)F)C2CCNCC2)CC1(C)C.O=C(Cl)OCc1ccccc1. The standard InChI is InChI=1S/C29H40F3N3O5.C28H40F3N3O3.C21H36F3N3O3.C8H7ClO2/c1-27(2,3)40-26(38)35-18-21(17-28(35,4)5)11-12-23(33-24(36)29(30,31)32)22-13-15-34(16-14-22)25(37)39-19-20-9-7-6-8-10-20;1-26(2,3)37-25(36)34-19-21(17-27(34,4)5)11-12-23(32-24(35)28(29,30)31)22-13-15-33(16-14-22)18-20-9-7-6-8-10-20;1-19(2,3)30-18(29)27-13-14(12-20(27,4)5)6-7-16(15-8-10-25-11-9-15)26-17(28)21(22,23)24;9-8(10)11-6-7-4-2-1-3-5-7/h6-10,13,21,23H,11-12,14-19H2,1-5H3,(H,33,36);6-10,13,21,23H,11-12,14-19H2,1-5H3,(H,32,35);14-16,25H,6-13H2,1-5H3,(H,26,28);1-5H,6H2/t2*21-,23?;14-,16?;/m000./s1. The first-order valence-corrected chi connectivity index (χ1v) is 40.9. The van der Waals surface area contributed by atoms with Gasteiger partial charge in [-0.15, -0.1) is 0 Å². The van der Waals surface area contributed by atoms with Crippen LogP contribution in [0.3, 0.4) is 0 Å². The summed E-state index contributed by atoms with van der Waals surface area (Å²) in [5.41, 5.74) is 0.554. The molecule has 0 aromatic heterocycles. The van der Waals surface area contributed by atoms with Gasteiger partial charge in [0, 0.05) is 86.6 Å². The number of hydrogen-bond acceptors (Lipinski definition) is 15. The molecule has 6 aliphatic heterocycles. The van der Waals surface area contributed by atoms with Gasteiger partial charge in [0.05, 0.1) is 12.1 Å². The van der Waals surface area contributed by atoms with Gasteiger partial charge in [-0.25, -0.2) is 24.0 Å². The molecule has 0 saturated carbocycles. The van der Waals surface area contributed by atoms with Crippen molar-refractivity contribution in [3.05, 3.63) is 131 Å². The molecule has 6 heterocycles. The number of carbonyl (C=O) groups excluding carboxylic acids is 8. The third-order valence-corrected chi connectivity index (χ3v) is 21.5. The normalized spacial score (nSPS) is 20.4. The van der Waals surface area contributed by atoms with E-state index in [1.54, 1.807) is 41.5 Å². The summed E-state index contributed by atoms with van der Waals surface area (Å²) in [4.78, 5) is 105. The predicted octanol–water partition coefficient (Wildman–Crippen LogP) is 17.9. The minimum Gasteiger partial charge on any atom is -0.449 e. The van der Waals surface area contributed by atoms with Crippen LogP contribution >= 0.6 is 11.6 Å². The molecular weight excluding hydrogens is 1570 g/mol. The van der Waals surface area contributed by atoms with Crippen LogP contribution in [0.4, 0.5) is 63.5 Å². The summed E-state index contributed by atoms with van der Waals surface area (Å²) in [7, 11) is 0. The highest BCUT2D eigenvalue weighted by Gasteiger charge is 2.49. The zero-order valence-electron chi connectivity index (χ0n) is 70.9. The highest BCUT2D eigenvalue weighted by molar-refractivity contribution is 6.61. The van der Waals surface area contributed by atoms with Gasteiger partial charge in [-0.3, -0.25) is 19.3 Å². The van der Waals surface area contributed by atoms with Crippen molar-refractivity contribution in [2.75, 3.05) is 58.9 Å². The van der Waals surface area contributed by atoms with Gasteiger partial charge in [0.1, 0.15) is 30.0 Å². The molecule has 0 aliphatic carbocycles. The molecule has 0 bridgehead atoms. The van der Waals surface area contributed by atoms with Crippen molar-refractivity contribution < 1.29 is 102 Å². The van der Waals surface area contributed by atoms with Crippen molar-refractivity contribution in [1.82, 2.24) is 45.8 Å². The minimum atomic E-state index is -5.01. The zero-order valence-corrected chi connectivity index (χ0v) is 71.6. The lowest BCUT2D eigenvalue weighted by atomic mass is 9.84. The van der Waals surface area contributed by atoms with Crippen LogP contribution in [0.2, 0.25) is 0 Å². The summed E-state index contributed by atoms with van der Waals surface area (Å²) in [5.74, 6) is -5.47. The van der Waals surface area contributed by atoms with Crippen LogP contribution in [0.1, 0.15) is 204 Å². The maximum atomic E-state index is 13.1. The van der Waals surface area contributed by atoms with E-state index in [0.717, 1.165) is 62.0 Å². The number of likely N-dealkylation sites (tertiary alicyclic amines) is 3. The number of nitrogens with zero attached hydrogens (tertiary/aromatic N) is 5. The van der Waals surface area contributed by atoms with E-state index < -0.39 is 99.9 Å². The topological polar surface area (TPSA) is 247 Å². The van der Waals surface area contributed by atoms with Crippen molar-refractivity contribution in [1.29, 1.82) is 0 Å². The fourth-order valence-corrected chi connectivity index (χ4v) is 15.8. The highest BCUT2D eigenvalue weighted by atomic mass is 35.5. The molecule has 6 aliphatic rings. The first kappa shape index (κ1) is 98.5. The molecule has 4 N–H and O–H groups in total. The van der Waals surface area contributed by atoms with E-state index in [2.05, 4.69) is 43.0 Å². The Hall–Kier alpha value is -8.32. The van der Waals surface area contributed by atoms with Gasteiger partial charge in [0.15, 0.2) is 0 Å². The number of alkyl halides is 9. The number of amides is 7. The van der Waals surface area contributed by atoms with Crippen LogP contribution in [0.25, 0.3) is 0 Å². The number of carbonyl (C=O) groups is 8.